The van der Waals surface area contributed by atoms with Crippen LogP contribution in [-0.2, 0) is 11.3 Å². The lowest BCUT2D eigenvalue weighted by Crippen LogP contribution is -2.23. The summed E-state index contributed by atoms with van der Waals surface area (Å²) in [6, 6.07) is 3.38. The molecule has 0 unspecified atom stereocenters. The number of aliphatic carboxylic acids is 1. The van der Waals surface area contributed by atoms with Gasteiger partial charge in [0.1, 0.15) is 0 Å². The maximum Gasteiger partial charge on any atom is 0.332 e. The van der Waals surface area contributed by atoms with Gasteiger partial charge in [0, 0.05) is 17.3 Å². The normalized spacial score (nSPS) is 9.79. The number of hydrogen-bond acceptors (Lipinski definition) is 2. The van der Waals surface area contributed by atoms with Gasteiger partial charge in [-0.15, -0.1) is 0 Å². The summed E-state index contributed by atoms with van der Waals surface area (Å²) in [5, 5.41) is 8.59. The molecule has 0 saturated carbocycles. The predicted molar refractivity (Wildman–Crippen MR) is 52.2 cm³/mol. The quantitative estimate of drug-likeness (QED) is 0.722. The number of hydrogen-bond donors (Lipinski definition) is 1. The van der Waals surface area contributed by atoms with E-state index in [-0.39, 0.29) is 17.7 Å². The first kappa shape index (κ1) is 10.2. The number of rotatable bonds is 3. The molecule has 14 heavy (non-hydrogen) atoms. The Kier molecular flexibility index (Phi) is 2.86. The largest absolute Gasteiger partial charge is 0.478 e. The molecule has 0 spiro atoms. The van der Waals surface area contributed by atoms with Crippen molar-refractivity contribution in [1.82, 2.24) is 4.57 Å². The molecule has 0 atom stereocenters. The van der Waals surface area contributed by atoms with Crippen molar-refractivity contribution in [3.63, 3.8) is 0 Å². The zero-order valence-electron chi connectivity index (χ0n) is 7.86. The standard InChI is InChI=1S/C10H11NO3/c1-7-4-3-5-11(9(7)12)6-8(2)10(13)14/h3-5H,2,6H2,1H3,(H,13,14). The Hall–Kier alpha value is -1.84. The summed E-state index contributed by atoms with van der Waals surface area (Å²) in [5.74, 6) is -1.08. The van der Waals surface area contributed by atoms with Crippen LogP contribution < -0.4 is 5.56 Å². The fourth-order valence-electron chi connectivity index (χ4n) is 1.05. The van der Waals surface area contributed by atoms with Gasteiger partial charge >= 0.3 is 5.97 Å². The van der Waals surface area contributed by atoms with Gasteiger partial charge in [0.2, 0.25) is 0 Å². The van der Waals surface area contributed by atoms with Crippen molar-refractivity contribution in [2.75, 3.05) is 0 Å². The van der Waals surface area contributed by atoms with Crippen molar-refractivity contribution in [2.24, 2.45) is 0 Å². The third kappa shape index (κ3) is 2.10. The zero-order valence-corrected chi connectivity index (χ0v) is 7.86. The second kappa shape index (κ2) is 3.91. The summed E-state index contributed by atoms with van der Waals surface area (Å²) in [4.78, 5) is 21.9. The molecule has 0 aliphatic rings. The van der Waals surface area contributed by atoms with Crippen LogP contribution in [-0.4, -0.2) is 15.6 Å². The number of aryl methyl sites for hydroxylation is 1. The van der Waals surface area contributed by atoms with E-state index in [9.17, 15) is 9.59 Å². The SMILES string of the molecule is C=C(Cn1cccc(C)c1=O)C(=O)O. The van der Waals surface area contributed by atoms with E-state index in [1.165, 1.54) is 4.57 Å². The highest BCUT2D eigenvalue weighted by Crippen LogP contribution is 1.96. The Balaban J connectivity index is 2.99. The second-order valence-electron chi connectivity index (χ2n) is 3.03. The summed E-state index contributed by atoms with van der Waals surface area (Å²) in [6.07, 6.45) is 1.55. The van der Waals surface area contributed by atoms with Gasteiger partial charge in [-0.3, -0.25) is 4.79 Å². The maximum atomic E-state index is 11.5. The van der Waals surface area contributed by atoms with Crippen LogP contribution in [0.3, 0.4) is 0 Å². The van der Waals surface area contributed by atoms with Crippen LogP contribution in [0.2, 0.25) is 0 Å². The van der Waals surface area contributed by atoms with Crippen molar-refractivity contribution in [3.8, 4) is 0 Å². The first-order valence-electron chi connectivity index (χ1n) is 4.09. The Labute approximate surface area is 81.1 Å². The smallest absolute Gasteiger partial charge is 0.332 e. The Morgan fingerprint density at radius 1 is 1.64 bits per heavy atom. The first-order valence-corrected chi connectivity index (χ1v) is 4.09. The molecule has 0 saturated heterocycles. The van der Waals surface area contributed by atoms with Gasteiger partial charge in [-0.05, 0) is 13.0 Å². The summed E-state index contributed by atoms with van der Waals surface area (Å²) in [6.45, 7) is 5.07. The van der Waals surface area contributed by atoms with Crippen LogP contribution in [0.4, 0.5) is 0 Å². The van der Waals surface area contributed by atoms with Crippen molar-refractivity contribution >= 4 is 5.97 Å². The van der Waals surface area contributed by atoms with E-state index in [1.54, 1.807) is 25.3 Å². The lowest BCUT2D eigenvalue weighted by molar-refractivity contribution is -0.132. The first-order chi connectivity index (χ1) is 6.52. The highest BCUT2D eigenvalue weighted by molar-refractivity contribution is 5.85. The molecule has 1 aromatic heterocycles. The predicted octanol–water partition coefficient (Wildman–Crippen LogP) is 0.798. The van der Waals surface area contributed by atoms with Gasteiger partial charge < -0.3 is 9.67 Å². The number of nitrogens with zero attached hydrogens (tertiary/aromatic N) is 1. The molecule has 4 nitrogen and oxygen atoms in total. The lowest BCUT2D eigenvalue weighted by atomic mass is 10.2. The van der Waals surface area contributed by atoms with E-state index in [2.05, 4.69) is 6.58 Å². The van der Waals surface area contributed by atoms with Crippen LogP contribution in [0.5, 0.6) is 0 Å². The zero-order chi connectivity index (χ0) is 10.7. The van der Waals surface area contributed by atoms with Gasteiger partial charge in [-0.2, -0.15) is 0 Å². The van der Waals surface area contributed by atoms with Crippen LogP contribution in [0.15, 0.2) is 35.3 Å². The molecule has 0 aliphatic carbocycles. The molecule has 0 fully saturated rings. The molecule has 0 aliphatic heterocycles. The van der Waals surface area contributed by atoms with E-state index >= 15 is 0 Å². The minimum atomic E-state index is -1.08. The minimum absolute atomic E-state index is 0.00213. The summed E-state index contributed by atoms with van der Waals surface area (Å²) in [7, 11) is 0. The minimum Gasteiger partial charge on any atom is -0.478 e. The third-order valence-corrected chi connectivity index (χ3v) is 1.87. The van der Waals surface area contributed by atoms with E-state index in [1.807, 2.05) is 0 Å². The van der Waals surface area contributed by atoms with Crippen molar-refractivity contribution < 1.29 is 9.90 Å². The maximum absolute atomic E-state index is 11.5. The van der Waals surface area contributed by atoms with Gasteiger partial charge in [0.05, 0.1) is 6.54 Å². The fraction of sp³-hybridized carbons (Fsp3) is 0.200. The van der Waals surface area contributed by atoms with Crippen molar-refractivity contribution in [1.29, 1.82) is 0 Å². The Morgan fingerprint density at radius 2 is 2.29 bits per heavy atom. The average molecular weight is 193 g/mol. The molecule has 0 amide bonds. The average Bonchev–Trinajstić information content (AvgIpc) is 2.12. The van der Waals surface area contributed by atoms with Gasteiger partial charge in [-0.25, -0.2) is 4.79 Å². The van der Waals surface area contributed by atoms with Gasteiger partial charge in [0.25, 0.3) is 5.56 Å². The van der Waals surface area contributed by atoms with E-state index in [4.69, 9.17) is 5.11 Å². The molecular formula is C10H11NO3. The molecule has 1 aromatic rings. The van der Waals surface area contributed by atoms with E-state index < -0.39 is 5.97 Å². The molecule has 0 radical (unpaired) electrons. The molecule has 4 heteroatoms. The number of carboxylic acids is 1. The van der Waals surface area contributed by atoms with Crippen LogP contribution in [0.25, 0.3) is 0 Å². The molecule has 74 valence electrons. The molecule has 1 heterocycles. The highest BCUT2D eigenvalue weighted by atomic mass is 16.4. The van der Waals surface area contributed by atoms with E-state index in [0.717, 1.165) is 0 Å². The molecular weight excluding hydrogens is 182 g/mol. The molecule has 1 rings (SSSR count). The second-order valence-corrected chi connectivity index (χ2v) is 3.03. The van der Waals surface area contributed by atoms with Crippen LogP contribution in [0.1, 0.15) is 5.56 Å². The molecule has 0 aromatic carbocycles. The van der Waals surface area contributed by atoms with Crippen LogP contribution in [0, 0.1) is 6.92 Å². The van der Waals surface area contributed by atoms with Gasteiger partial charge in [0.15, 0.2) is 0 Å². The summed E-state index contributed by atoms with van der Waals surface area (Å²) >= 11 is 0. The third-order valence-electron chi connectivity index (χ3n) is 1.87. The monoisotopic (exact) mass is 193 g/mol. The lowest BCUT2D eigenvalue weighted by Gasteiger charge is -2.05. The van der Waals surface area contributed by atoms with Crippen LogP contribution >= 0.6 is 0 Å². The topological polar surface area (TPSA) is 59.3 Å². The Morgan fingerprint density at radius 3 is 2.86 bits per heavy atom. The summed E-state index contributed by atoms with van der Waals surface area (Å²) < 4.78 is 1.33. The number of carboxylic acid groups (broad SMARTS) is 1. The number of pyridine rings is 1. The summed E-state index contributed by atoms with van der Waals surface area (Å²) in [5.41, 5.74) is 0.401. The number of aromatic nitrogens is 1. The van der Waals surface area contributed by atoms with E-state index in [0.29, 0.717) is 5.56 Å². The molecule has 1 N–H and O–H groups in total. The Bertz CT molecular complexity index is 431. The van der Waals surface area contributed by atoms with Gasteiger partial charge in [-0.1, -0.05) is 12.6 Å². The number of carbonyl (C=O) groups is 1. The fourth-order valence-corrected chi connectivity index (χ4v) is 1.05. The van der Waals surface area contributed by atoms with Crippen molar-refractivity contribution in [3.05, 3.63) is 46.4 Å². The van der Waals surface area contributed by atoms with Crippen molar-refractivity contribution in [2.45, 2.75) is 13.5 Å². The molecule has 0 bridgehead atoms. The highest BCUT2D eigenvalue weighted by Gasteiger charge is 2.06.